The molecule has 162 valence electrons. The van der Waals surface area contributed by atoms with Crippen LogP contribution in [0.5, 0.6) is 0 Å². The number of azo groups is 1. The van der Waals surface area contributed by atoms with Crippen LogP contribution in [0.3, 0.4) is 0 Å². The van der Waals surface area contributed by atoms with Gasteiger partial charge in [-0.3, -0.25) is 14.9 Å². The maximum atomic E-state index is 12.3. The van der Waals surface area contributed by atoms with E-state index < -0.39 is 16.8 Å². The monoisotopic (exact) mass is 440 g/mol. The summed E-state index contributed by atoms with van der Waals surface area (Å²) in [6.45, 7) is 0. The van der Waals surface area contributed by atoms with E-state index in [9.17, 15) is 19.7 Å². The number of hydrogen-bond acceptors (Lipinski definition) is 7. The van der Waals surface area contributed by atoms with Crippen LogP contribution in [0.25, 0.3) is 10.8 Å². The molecule has 0 aliphatic rings. The molecule has 0 atom stereocenters. The smallest absolute Gasteiger partial charge is 0.338 e. The Kier molecular flexibility index (Phi) is 6.12. The molecule has 0 unspecified atom stereocenters. The fourth-order valence-electron chi connectivity index (χ4n) is 2.96. The van der Waals surface area contributed by atoms with Crippen molar-refractivity contribution in [2.75, 3.05) is 5.48 Å². The lowest BCUT2D eigenvalue weighted by atomic mass is 10.1. The molecular formula is C24H16N4O5. The number of nitro groups is 1. The molecule has 4 rings (SSSR count). The van der Waals surface area contributed by atoms with Crippen molar-refractivity contribution in [3.8, 4) is 0 Å². The van der Waals surface area contributed by atoms with Gasteiger partial charge in [-0.2, -0.15) is 0 Å². The van der Waals surface area contributed by atoms with Crippen molar-refractivity contribution in [1.29, 1.82) is 0 Å². The predicted octanol–water partition coefficient (Wildman–Crippen LogP) is 5.86. The summed E-state index contributed by atoms with van der Waals surface area (Å²) in [5, 5.41) is 20.1. The van der Waals surface area contributed by atoms with Gasteiger partial charge in [0, 0.05) is 17.7 Å². The van der Waals surface area contributed by atoms with Crippen LogP contribution in [0.15, 0.2) is 101 Å². The number of hydrogen-bond donors (Lipinski definition) is 1. The molecule has 9 nitrogen and oxygen atoms in total. The maximum absolute atomic E-state index is 12.3. The molecular weight excluding hydrogens is 424 g/mol. The van der Waals surface area contributed by atoms with Crippen molar-refractivity contribution in [2.45, 2.75) is 0 Å². The molecule has 9 heteroatoms. The Bertz CT molecular complexity index is 1370. The van der Waals surface area contributed by atoms with Gasteiger partial charge in [-0.1, -0.05) is 30.3 Å². The van der Waals surface area contributed by atoms with Crippen molar-refractivity contribution < 1.29 is 19.3 Å². The van der Waals surface area contributed by atoms with E-state index in [0.29, 0.717) is 16.9 Å². The number of anilines is 1. The minimum Gasteiger partial charge on any atom is -0.338 e. The molecule has 0 bridgehead atoms. The largest absolute Gasteiger partial charge is 0.362 e. The SMILES string of the molecule is O=C(N=Nc1ccc(NOC(=O)c2ccc3ccccc3c2)cc1)c1ccc([N+](=O)[O-])cc1. The van der Waals surface area contributed by atoms with Gasteiger partial charge in [-0.25, -0.2) is 10.3 Å². The van der Waals surface area contributed by atoms with Crippen LogP contribution >= 0.6 is 0 Å². The van der Waals surface area contributed by atoms with Gasteiger partial charge in [0.15, 0.2) is 0 Å². The lowest BCUT2D eigenvalue weighted by Crippen LogP contribution is -2.10. The average molecular weight is 440 g/mol. The summed E-state index contributed by atoms with van der Waals surface area (Å²) in [6.07, 6.45) is 0. The predicted molar refractivity (Wildman–Crippen MR) is 121 cm³/mol. The Morgan fingerprint density at radius 3 is 2.18 bits per heavy atom. The Morgan fingerprint density at radius 1 is 0.818 bits per heavy atom. The first-order valence-corrected chi connectivity index (χ1v) is 9.76. The summed E-state index contributed by atoms with van der Waals surface area (Å²) in [4.78, 5) is 39.6. The Morgan fingerprint density at radius 2 is 1.48 bits per heavy atom. The summed E-state index contributed by atoms with van der Waals surface area (Å²) in [5.41, 5.74) is 3.96. The van der Waals surface area contributed by atoms with Crippen LogP contribution in [-0.2, 0) is 4.84 Å². The number of rotatable bonds is 6. The minimum atomic E-state index is -0.628. The van der Waals surface area contributed by atoms with Crippen LogP contribution in [0.1, 0.15) is 20.7 Å². The molecule has 1 amide bonds. The van der Waals surface area contributed by atoms with E-state index in [2.05, 4.69) is 15.7 Å². The first-order valence-electron chi connectivity index (χ1n) is 9.76. The molecule has 0 saturated carbocycles. The van der Waals surface area contributed by atoms with Crippen molar-refractivity contribution in [1.82, 2.24) is 0 Å². The summed E-state index contributed by atoms with van der Waals surface area (Å²) >= 11 is 0. The fourth-order valence-corrected chi connectivity index (χ4v) is 2.96. The van der Waals surface area contributed by atoms with Gasteiger partial charge in [0.05, 0.1) is 21.9 Å². The Labute approximate surface area is 187 Å². The van der Waals surface area contributed by atoms with Gasteiger partial charge >= 0.3 is 5.97 Å². The second kappa shape index (κ2) is 9.48. The summed E-state index contributed by atoms with van der Waals surface area (Å²) in [6, 6.07) is 24.5. The number of nitrogens with zero attached hydrogens (tertiary/aromatic N) is 3. The molecule has 4 aromatic rings. The third-order valence-corrected chi connectivity index (χ3v) is 4.70. The zero-order valence-electron chi connectivity index (χ0n) is 17.0. The number of nitrogens with one attached hydrogen (secondary N) is 1. The number of amides is 1. The number of nitro benzene ring substituents is 1. The van der Waals surface area contributed by atoms with Crippen molar-refractivity contribution in [2.24, 2.45) is 10.2 Å². The van der Waals surface area contributed by atoms with Crippen molar-refractivity contribution >= 4 is 39.7 Å². The fraction of sp³-hybridized carbons (Fsp3) is 0. The number of non-ortho nitro benzene ring substituents is 1. The zero-order chi connectivity index (χ0) is 23.2. The zero-order valence-corrected chi connectivity index (χ0v) is 17.0. The molecule has 0 saturated heterocycles. The highest BCUT2D eigenvalue weighted by Gasteiger charge is 2.10. The van der Waals surface area contributed by atoms with E-state index in [4.69, 9.17) is 4.84 Å². The quantitative estimate of drug-likeness (QED) is 0.228. The Hall–Kier alpha value is -4.92. The third kappa shape index (κ3) is 5.23. The summed E-state index contributed by atoms with van der Waals surface area (Å²) in [5.74, 6) is -1.16. The van der Waals surface area contributed by atoms with Crippen LogP contribution in [0.2, 0.25) is 0 Å². The highest BCUT2D eigenvalue weighted by atomic mass is 16.7. The van der Waals surface area contributed by atoms with Gasteiger partial charge in [-0.05, 0) is 59.3 Å². The minimum absolute atomic E-state index is 0.118. The molecule has 33 heavy (non-hydrogen) atoms. The van der Waals surface area contributed by atoms with Crippen LogP contribution in [0.4, 0.5) is 17.1 Å². The second-order valence-electron chi connectivity index (χ2n) is 6.91. The Balaban J connectivity index is 1.34. The van der Waals surface area contributed by atoms with Crippen LogP contribution in [0, 0.1) is 10.1 Å². The number of fused-ring (bicyclic) bond motifs is 1. The average Bonchev–Trinajstić information content (AvgIpc) is 2.86. The van der Waals surface area contributed by atoms with Gasteiger partial charge in [0.25, 0.3) is 11.6 Å². The molecule has 0 aromatic heterocycles. The highest BCUT2D eigenvalue weighted by Crippen LogP contribution is 2.20. The van der Waals surface area contributed by atoms with E-state index in [1.807, 2.05) is 30.3 Å². The van der Waals surface area contributed by atoms with Crippen LogP contribution < -0.4 is 5.48 Å². The molecule has 0 spiro atoms. The van der Waals surface area contributed by atoms with E-state index in [1.165, 1.54) is 24.3 Å². The first-order chi connectivity index (χ1) is 16.0. The van der Waals surface area contributed by atoms with Crippen LogP contribution in [-0.4, -0.2) is 16.8 Å². The molecule has 4 aromatic carbocycles. The summed E-state index contributed by atoms with van der Waals surface area (Å²) < 4.78 is 0. The molecule has 0 radical (unpaired) electrons. The van der Waals surface area contributed by atoms with E-state index in [1.54, 1.807) is 36.4 Å². The van der Waals surface area contributed by atoms with E-state index >= 15 is 0 Å². The van der Waals surface area contributed by atoms with Gasteiger partial charge in [0.1, 0.15) is 0 Å². The number of carbonyl (C=O) groups excluding carboxylic acids is 2. The van der Waals surface area contributed by atoms with E-state index in [0.717, 1.165) is 10.8 Å². The first kappa shape index (κ1) is 21.3. The maximum Gasteiger partial charge on any atom is 0.362 e. The molecule has 0 aliphatic carbocycles. The topological polar surface area (TPSA) is 123 Å². The molecule has 1 N–H and O–H groups in total. The van der Waals surface area contributed by atoms with Crippen molar-refractivity contribution in [3.05, 3.63) is 112 Å². The van der Waals surface area contributed by atoms with Gasteiger partial charge in [0.2, 0.25) is 0 Å². The second-order valence-corrected chi connectivity index (χ2v) is 6.91. The standard InChI is InChI=1S/C24H16N4O5/c29-23(17-7-13-22(14-8-17)28(31)32)26-25-20-9-11-21(12-10-20)27-33-24(30)19-6-5-16-3-1-2-4-18(16)15-19/h1-15,27H. The van der Waals surface area contributed by atoms with Gasteiger partial charge in [-0.15, -0.1) is 10.2 Å². The third-order valence-electron chi connectivity index (χ3n) is 4.70. The number of benzene rings is 4. The molecule has 0 fully saturated rings. The molecule has 0 heterocycles. The van der Waals surface area contributed by atoms with E-state index in [-0.39, 0.29) is 11.3 Å². The number of carbonyl (C=O) groups is 2. The van der Waals surface area contributed by atoms with Gasteiger partial charge < -0.3 is 4.84 Å². The highest BCUT2D eigenvalue weighted by molar-refractivity contribution is 5.96. The lowest BCUT2D eigenvalue weighted by molar-refractivity contribution is -0.384. The summed E-state index contributed by atoms with van der Waals surface area (Å²) in [7, 11) is 0. The van der Waals surface area contributed by atoms with Crippen molar-refractivity contribution in [3.63, 3.8) is 0 Å². The molecule has 0 aliphatic heterocycles. The normalized spacial score (nSPS) is 10.8. The lowest BCUT2D eigenvalue weighted by Gasteiger charge is -2.07.